The number of amides is 1. The van der Waals surface area contributed by atoms with E-state index in [1.54, 1.807) is 10.9 Å². The minimum Gasteiger partial charge on any atom is -0.336 e. The Morgan fingerprint density at radius 3 is 2.84 bits per heavy atom. The number of aryl methyl sites for hydroxylation is 1. The Bertz CT molecular complexity index is 605. The van der Waals surface area contributed by atoms with Crippen LogP contribution in [0.3, 0.4) is 0 Å². The van der Waals surface area contributed by atoms with Crippen LogP contribution in [0, 0.1) is 6.92 Å². The Hall–Kier alpha value is -2.17. The molecule has 0 saturated carbocycles. The summed E-state index contributed by atoms with van der Waals surface area (Å²) >= 11 is 0. The van der Waals surface area contributed by atoms with Gasteiger partial charge in [-0.1, -0.05) is 29.5 Å². The van der Waals surface area contributed by atoms with E-state index in [0.717, 1.165) is 18.7 Å². The number of carbonyl (C=O) groups is 1. The lowest BCUT2D eigenvalue weighted by Crippen LogP contribution is -2.38. The van der Waals surface area contributed by atoms with Crippen LogP contribution in [0.1, 0.15) is 16.8 Å². The number of rotatable bonds is 2. The summed E-state index contributed by atoms with van der Waals surface area (Å²) in [5.41, 5.74) is 3.51. The van der Waals surface area contributed by atoms with Crippen molar-refractivity contribution in [1.82, 2.24) is 19.9 Å². The fourth-order valence-corrected chi connectivity index (χ4v) is 2.40. The highest BCUT2D eigenvalue weighted by atomic mass is 16.2. The highest BCUT2D eigenvalue weighted by Crippen LogP contribution is 2.18. The third-order valence-corrected chi connectivity index (χ3v) is 3.58. The zero-order valence-electron chi connectivity index (χ0n) is 10.9. The molecule has 0 radical (unpaired) electrons. The summed E-state index contributed by atoms with van der Waals surface area (Å²) in [5, 5.41) is 7.71. The molecule has 2 aromatic rings. The van der Waals surface area contributed by atoms with Crippen molar-refractivity contribution in [2.24, 2.45) is 0 Å². The van der Waals surface area contributed by atoms with E-state index >= 15 is 0 Å². The normalized spacial score (nSPS) is 14.3. The van der Waals surface area contributed by atoms with E-state index in [4.69, 9.17) is 0 Å². The Morgan fingerprint density at radius 2 is 2.11 bits per heavy atom. The van der Waals surface area contributed by atoms with Gasteiger partial charge in [-0.05, 0) is 24.5 Å². The average Bonchev–Trinajstić information content (AvgIpc) is 2.84. The van der Waals surface area contributed by atoms with Gasteiger partial charge in [-0.3, -0.25) is 4.79 Å². The van der Waals surface area contributed by atoms with Gasteiger partial charge in [0, 0.05) is 13.1 Å². The maximum absolute atomic E-state index is 12.3. The van der Waals surface area contributed by atoms with Crippen molar-refractivity contribution in [1.29, 1.82) is 0 Å². The zero-order chi connectivity index (χ0) is 13.2. The highest BCUT2D eigenvalue weighted by Gasteiger charge is 2.20. The molecule has 0 atom stereocenters. The molecule has 1 amide bonds. The van der Waals surface area contributed by atoms with Gasteiger partial charge in [0.25, 0.3) is 0 Å². The second-order valence-corrected chi connectivity index (χ2v) is 4.87. The zero-order valence-corrected chi connectivity index (χ0v) is 10.9. The van der Waals surface area contributed by atoms with Gasteiger partial charge in [0.2, 0.25) is 5.91 Å². The first-order valence-corrected chi connectivity index (χ1v) is 6.43. The third-order valence-electron chi connectivity index (χ3n) is 3.58. The first-order valence-electron chi connectivity index (χ1n) is 6.43. The molecule has 1 aromatic heterocycles. The van der Waals surface area contributed by atoms with Crippen LogP contribution in [0.5, 0.6) is 0 Å². The standard InChI is InChI=1S/C14H16N4O/c1-11-8-15-16-18(11)10-14(19)17-7-6-12-4-2-3-5-13(12)9-17/h2-5,8H,6-7,9-10H2,1H3. The molecule has 19 heavy (non-hydrogen) atoms. The molecule has 0 unspecified atom stereocenters. The Balaban J connectivity index is 1.71. The third kappa shape index (κ3) is 2.36. The summed E-state index contributed by atoms with van der Waals surface area (Å²) in [6, 6.07) is 8.30. The molecule has 3 rings (SSSR count). The predicted molar refractivity (Wildman–Crippen MR) is 70.3 cm³/mol. The average molecular weight is 256 g/mol. The first kappa shape index (κ1) is 11.9. The van der Waals surface area contributed by atoms with Crippen LogP contribution in [-0.4, -0.2) is 32.3 Å². The topological polar surface area (TPSA) is 51.0 Å². The summed E-state index contributed by atoms with van der Waals surface area (Å²) in [7, 11) is 0. The van der Waals surface area contributed by atoms with E-state index in [9.17, 15) is 4.79 Å². The van der Waals surface area contributed by atoms with Crippen LogP contribution in [0.25, 0.3) is 0 Å². The minimum absolute atomic E-state index is 0.100. The molecule has 0 bridgehead atoms. The van der Waals surface area contributed by atoms with Gasteiger partial charge >= 0.3 is 0 Å². The minimum atomic E-state index is 0.100. The van der Waals surface area contributed by atoms with Crippen LogP contribution >= 0.6 is 0 Å². The van der Waals surface area contributed by atoms with E-state index in [-0.39, 0.29) is 12.5 Å². The number of hydrogen-bond acceptors (Lipinski definition) is 3. The van der Waals surface area contributed by atoms with E-state index in [1.807, 2.05) is 17.9 Å². The van der Waals surface area contributed by atoms with Crippen molar-refractivity contribution in [3.63, 3.8) is 0 Å². The lowest BCUT2D eigenvalue weighted by Gasteiger charge is -2.28. The molecule has 1 aliphatic rings. The van der Waals surface area contributed by atoms with Gasteiger partial charge in [0.1, 0.15) is 6.54 Å². The van der Waals surface area contributed by atoms with Gasteiger partial charge < -0.3 is 4.90 Å². The van der Waals surface area contributed by atoms with Gasteiger partial charge in [-0.15, -0.1) is 5.10 Å². The maximum Gasteiger partial charge on any atom is 0.244 e. The Labute approximate surface area is 111 Å². The van der Waals surface area contributed by atoms with Crippen molar-refractivity contribution in [3.8, 4) is 0 Å². The SMILES string of the molecule is Cc1cnnn1CC(=O)N1CCc2ccccc2C1. The molecule has 0 aliphatic carbocycles. The molecule has 98 valence electrons. The van der Waals surface area contributed by atoms with E-state index in [1.165, 1.54) is 11.1 Å². The van der Waals surface area contributed by atoms with Crippen LogP contribution in [0.4, 0.5) is 0 Å². The lowest BCUT2D eigenvalue weighted by atomic mass is 10.00. The Morgan fingerprint density at radius 1 is 1.32 bits per heavy atom. The molecule has 5 heteroatoms. The van der Waals surface area contributed by atoms with E-state index in [0.29, 0.717) is 6.54 Å². The fraction of sp³-hybridized carbons (Fsp3) is 0.357. The second-order valence-electron chi connectivity index (χ2n) is 4.87. The van der Waals surface area contributed by atoms with Crippen molar-refractivity contribution in [2.75, 3.05) is 6.54 Å². The Kier molecular flexibility index (Phi) is 3.03. The van der Waals surface area contributed by atoms with Crippen LogP contribution in [0.2, 0.25) is 0 Å². The van der Waals surface area contributed by atoms with Gasteiger partial charge in [-0.25, -0.2) is 4.68 Å². The largest absolute Gasteiger partial charge is 0.336 e. The predicted octanol–water partition coefficient (Wildman–Crippen LogP) is 1.17. The fourth-order valence-electron chi connectivity index (χ4n) is 2.40. The monoisotopic (exact) mass is 256 g/mol. The number of benzene rings is 1. The van der Waals surface area contributed by atoms with Crippen molar-refractivity contribution < 1.29 is 4.79 Å². The van der Waals surface area contributed by atoms with Crippen LogP contribution < -0.4 is 0 Å². The van der Waals surface area contributed by atoms with E-state index < -0.39 is 0 Å². The lowest BCUT2D eigenvalue weighted by molar-refractivity contribution is -0.133. The molecule has 1 aliphatic heterocycles. The van der Waals surface area contributed by atoms with Crippen molar-refractivity contribution in [3.05, 3.63) is 47.3 Å². The number of carbonyl (C=O) groups excluding carboxylic acids is 1. The van der Waals surface area contributed by atoms with Crippen molar-refractivity contribution in [2.45, 2.75) is 26.4 Å². The molecular formula is C14H16N4O. The molecule has 0 N–H and O–H groups in total. The molecule has 0 saturated heterocycles. The van der Waals surface area contributed by atoms with Crippen LogP contribution in [-0.2, 0) is 24.3 Å². The van der Waals surface area contributed by atoms with Gasteiger partial charge in [-0.2, -0.15) is 0 Å². The molecular weight excluding hydrogens is 240 g/mol. The first-order chi connectivity index (χ1) is 9.24. The molecule has 0 fully saturated rings. The summed E-state index contributed by atoms with van der Waals surface area (Å²) in [4.78, 5) is 14.2. The quantitative estimate of drug-likeness (QED) is 0.810. The summed E-state index contributed by atoms with van der Waals surface area (Å²) in [6.45, 7) is 3.65. The number of hydrogen-bond donors (Lipinski definition) is 0. The van der Waals surface area contributed by atoms with Crippen molar-refractivity contribution >= 4 is 5.91 Å². The summed E-state index contributed by atoms with van der Waals surface area (Å²) in [6.07, 6.45) is 2.59. The molecule has 5 nitrogen and oxygen atoms in total. The second kappa shape index (κ2) is 4.84. The van der Waals surface area contributed by atoms with Gasteiger partial charge in [0.05, 0.1) is 11.9 Å². The van der Waals surface area contributed by atoms with Gasteiger partial charge in [0.15, 0.2) is 0 Å². The molecule has 1 aromatic carbocycles. The number of aromatic nitrogens is 3. The van der Waals surface area contributed by atoms with Crippen LogP contribution in [0.15, 0.2) is 30.5 Å². The summed E-state index contributed by atoms with van der Waals surface area (Å²) < 4.78 is 1.64. The summed E-state index contributed by atoms with van der Waals surface area (Å²) in [5.74, 6) is 0.100. The van der Waals surface area contributed by atoms with E-state index in [2.05, 4.69) is 28.5 Å². The maximum atomic E-state index is 12.3. The smallest absolute Gasteiger partial charge is 0.244 e. The molecule has 2 heterocycles. The molecule has 0 spiro atoms. The number of fused-ring (bicyclic) bond motifs is 1. The number of nitrogens with zero attached hydrogens (tertiary/aromatic N) is 4. The highest BCUT2D eigenvalue weighted by molar-refractivity contribution is 5.76.